The zero-order valence-electron chi connectivity index (χ0n) is 7.56. The van der Waals surface area contributed by atoms with E-state index in [-0.39, 0.29) is 10.0 Å². The van der Waals surface area contributed by atoms with Gasteiger partial charge in [0.15, 0.2) is 0 Å². The Labute approximate surface area is 93.1 Å². The Kier molecular flexibility index (Phi) is 2.44. The molecule has 1 aromatic carbocycles. The van der Waals surface area contributed by atoms with Crippen LogP contribution in [0, 0.1) is 11.6 Å². The first-order valence-corrected chi connectivity index (χ1v) is 5.12. The third-order valence-corrected chi connectivity index (χ3v) is 3.10. The maximum atomic E-state index is 13.5. The molecule has 2 nitrogen and oxygen atoms in total. The highest BCUT2D eigenvalue weighted by atomic mass is 79.9. The second kappa shape index (κ2) is 3.51. The largest absolute Gasteiger partial charge is 0.235 e. The van der Waals surface area contributed by atoms with Crippen LogP contribution in [0.1, 0.15) is 18.4 Å². The fourth-order valence-corrected chi connectivity index (χ4v) is 1.84. The normalized spacial score (nSPS) is 17.0. The number of isocyanates is 1. The first-order valence-electron chi connectivity index (χ1n) is 4.33. The minimum absolute atomic E-state index is 0.0645. The molecule has 78 valence electrons. The summed E-state index contributed by atoms with van der Waals surface area (Å²) in [5.41, 5.74) is -0.737. The summed E-state index contributed by atoms with van der Waals surface area (Å²) in [6.07, 6.45) is 2.52. The molecule has 0 spiro atoms. The van der Waals surface area contributed by atoms with Gasteiger partial charge in [0, 0.05) is 5.56 Å². The monoisotopic (exact) mass is 273 g/mol. The second-order valence-corrected chi connectivity index (χ2v) is 4.34. The van der Waals surface area contributed by atoms with Gasteiger partial charge in [0.25, 0.3) is 0 Å². The summed E-state index contributed by atoms with van der Waals surface area (Å²) in [5.74, 6) is -1.11. The van der Waals surface area contributed by atoms with Gasteiger partial charge in [-0.25, -0.2) is 13.6 Å². The molecule has 0 bridgehead atoms. The van der Waals surface area contributed by atoms with Crippen LogP contribution in [0.4, 0.5) is 8.78 Å². The van der Waals surface area contributed by atoms with Crippen molar-refractivity contribution in [1.82, 2.24) is 0 Å². The number of aliphatic imine (C=N–C) groups is 1. The van der Waals surface area contributed by atoms with Crippen molar-refractivity contribution < 1.29 is 13.6 Å². The fourth-order valence-electron chi connectivity index (χ4n) is 1.53. The Morgan fingerprint density at radius 3 is 2.53 bits per heavy atom. The van der Waals surface area contributed by atoms with E-state index in [1.54, 1.807) is 0 Å². The van der Waals surface area contributed by atoms with Crippen molar-refractivity contribution in [2.24, 2.45) is 4.99 Å². The van der Waals surface area contributed by atoms with Crippen LogP contribution in [-0.2, 0) is 10.3 Å². The Bertz CT molecular complexity index is 465. The molecular weight excluding hydrogens is 268 g/mol. The third-order valence-electron chi connectivity index (χ3n) is 2.49. The second-order valence-electron chi connectivity index (χ2n) is 3.48. The molecule has 0 amide bonds. The summed E-state index contributed by atoms with van der Waals surface area (Å²) in [6.45, 7) is 0. The van der Waals surface area contributed by atoms with E-state index in [4.69, 9.17) is 0 Å². The topological polar surface area (TPSA) is 29.4 Å². The molecule has 0 atom stereocenters. The molecule has 0 saturated heterocycles. The van der Waals surface area contributed by atoms with Crippen LogP contribution in [0.3, 0.4) is 0 Å². The SMILES string of the molecule is O=C=NC1(c2cc(F)c(Br)cc2F)CC1. The van der Waals surface area contributed by atoms with Gasteiger partial charge in [-0.1, -0.05) is 0 Å². The van der Waals surface area contributed by atoms with Crippen molar-refractivity contribution in [3.63, 3.8) is 0 Å². The van der Waals surface area contributed by atoms with Crippen molar-refractivity contribution in [2.75, 3.05) is 0 Å². The molecule has 0 N–H and O–H groups in total. The van der Waals surface area contributed by atoms with E-state index in [0.717, 1.165) is 12.1 Å². The van der Waals surface area contributed by atoms with Crippen LogP contribution in [0.2, 0.25) is 0 Å². The lowest BCUT2D eigenvalue weighted by molar-refractivity contribution is 0.540. The molecule has 1 saturated carbocycles. The number of hydrogen-bond acceptors (Lipinski definition) is 2. The van der Waals surface area contributed by atoms with Gasteiger partial charge in [-0.3, -0.25) is 0 Å². The zero-order chi connectivity index (χ0) is 11.1. The maximum absolute atomic E-state index is 13.5. The van der Waals surface area contributed by atoms with E-state index in [2.05, 4.69) is 20.9 Å². The van der Waals surface area contributed by atoms with Gasteiger partial charge in [0.2, 0.25) is 6.08 Å². The van der Waals surface area contributed by atoms with Gasteiger partial charge in [-0.05, 0) is 40.9 Å². The predicted octanol–water partition coefficient (Wildman–Crippen LogP) is 3.05. The molecule has 1 fully saturated rings. The number of halogens is 3. The van der Waals surface area contributed by atoms with Crippen molar-refractivity contribution in [2.45, 2.75) is 18.4 Å². The molecule has 1 aromatic rings. The van der Waals surface area contributed by atoms with E-state index < -0.39 is 17.2 Å². The van der Waals surface area contributed by atoms with Crippen LogP contribution in [0.5, 0.6) is 0 Å². The maximum Gasteiger partial charge on any atom is 0.235 e. The molecule has 5 heteroatoms. The number of benzene rings is 1. The predicted molar refractivity (Wildman–Crippen MR) is 53.1 cm³/mol. The number of rotatable bonds is 2. The summed E-state index contributed by atoms with van der Waals surface area (Å²) in [6, 6.07) is 2.12. The molecule has 0 aromatic heterocycles. The molecule has 15 heavy (non-hydrogen) atoms. The van der Waals surface area contributed by atoms with Gasteiger partial charge in [0.05, 0.1) is 4.47 Å². The molecule has 1 aliphatic rings. The van der Waals surface area contributed by atoms with Crippen molar-refractivity contribution in [3.8, 4) is 0 Å². The first-order chi connectivity index (χ1) is 7.09. The minimum Gasteiger partial charge on any atom is -0.211 e. The number of carbonyl (C=O) groups excluding carboxylic acids is 1. The van der Waals surface area contributed by atoms with Crippen LogP contribution in [-0.4, -0.2) is 6.08 Å². The standard InChI is InChI=1S/C10H6BrF2NO/c11-7-4-8(12)6(3-9(7)13)10(1-2-10)14-5-15/h3-4H,1-2H2. The molecule has 0 unspecified atom stereocenters. The van der Waals surface area contributed by atoms with E-state index in [1.165, 1.54) is 6.08 Å². The molecule has 2 rings (SSSR count). The van der Waals surface area contributed by atoms with E-state index >= 15 is 0 Å². The molecule has 0 heterocycles. The van der Waals surface area contributed by atoms with E-state index in [1.807, 2.05) is 0 Å². The van der Waals surface area contributed by atoms with E-state index in [0.29, 0.717) is 12.8 Å². The Morgan fingerprint density at radius 1 is 1.33 bits per heavy atom. The zero-order valence-corrected chi connectivity index (χ0v) is 9.14. The first kappa shape index (κ1) is 10.5. The summed E-state index contributed by atoms with van der Waals surface area (Å²) in [4.78, 5) is 13.7. The quantitative estimate of drug-likeness (QED) is 0.463. The number of nitrogens with zero attached hydrogens (tertiary/aromatic N) is 1. The Balaban J connectivity index is 2.54. The summed E-state index contributed by atoms with van der Waals surface area (Å²) in [5, 5.41) is 0. The third kappa shape index (κ3) is 1.73. The Hall–Kier alpha value is -1.06. The lowest BCUT2D eigenvalue weighted by Gasteiger charge is -2.10. The average Bonchev–Trinajstić information content (AvgIpc) is 2.93. The summed E-state index contributed by atoms with van der Waals surface area (Å²) < 4.78 is 26.8. The highest BCUT2D eigenvalue weighted by molar-refractivity contribution is 9.10. The van der Waals surface area contributed by atoms with Gasteiger partial charge >= 0.3 is 0 Å². The van der Waals surface area contributed by atoms with Crippen LogP contribution < -0.4 is 0 Å². The lowest BCUT2D eigenvalue weighted by Crippen LogP contribution is -2.06. The molecule has 0 aliphatic heterocycles. The highest BCUT2D eigenvalue weighted by Crippen LogP contribution is 2.50. The van der Waals surface area contributed by atoms with Gasteiger partial charge in [0.1, 0.15) is 17.2 Å². The van der Waals surface area contributed by atoms with Crippen LogP contribution >= 0.6 is 15.9 Å². The smallest absolute Gasteiger partial charge is 0.211 e. The van der Waals surface area contributed by atoms with Crippen molar-refractivity contribution in [1.29, 1.82) is 0 Å². The highest BCUT2D eigenvalue weighted by Gasteiger charge is 2.47. The van der Waals surface area contributed by atoms with Crippen molar-refractivity contribution >= 4 is 22.0 Å². The summed E-state index contributed by atoms with van der Waals surface area (Å²) >= 11 is 2.88. The number of hydrogen-bond donors (Lipinski definition) is 0. The molecule has 0 radical (unpaired) electrons. The Morgan fingerprint density at radius 2 is 2.00 bits per heavy atom. The van der Waals surface area contributed by atoms with E-state index in [9.17, 15) is 13.6 Å². The van der Waals surface area contributed by atoms with Crippen LogP contribution in [0.25, 0.3) is 0 Å². The van der Waals surface area contributed by atoms with Gasteiger partial charge in [-0.15, -0.1) is 0 Å². The summed E-state index contributed by atoms with van der Waals surface area (Å²) in [7, 11) is 0. The average molecular weight is 274 g/mol. The fraction of sp³-hybridized carbons (Fsp3) is 0.300. The van der Waals surface area contributed by atoms with Gasteiger partial charge < -0.3 is 0 Å². The minimum atomic E-state index is -0.868. The lowest BCUT2D eigenvalue weighted by atomic mass is 10.0. The van der Waals surface area contributed by atoms with Crippen molar-refractivity contribution in [3.05, 3.63) is 33.8 Å². The van der Waals surface area contributed by atoms with Gasteiger partial charge in [-0.2, -0.15) is 4.99 Å². The molecule has 1 aliphatic carbocycles. The van der Waals surface area contributed by atoms with Crippen LogP contribution in [0.15, 0.2) is 21.6 Å². The molecular formula is C10H6BrF2NO.